The van der Waals surface area contributed by atoms with E-state index in [9.17, 15) is 4.79 Å². The molecular weight excluding hydrogens is 326 g/mol. The Morgan fingerprint density at radius 2 is 2.42 bits per heavy atom. The van der Waals surface area contributed by atoms with E-state index in [1.165, 1.54) is 11.3 Å². The van der Waals surface area contributed by atoms with E-state index in [1.54, 1.807) is 11.6 Å². The second-order valence-electron chi connectivity index (χ2n) is 5.67. The van der Waals surface area contributed by atoms with Crippen LogP contribution in [0.15, 0.2) is 23.7 Å². The lowest BCUT2D eigenvalue weighted by atomic mass is 10.2. The first kappa shape index (κ1) is 16.8. The number of pyridine rings is 1. The Bertz CT molecular complexity index is 688. The number of carbonyl (C=O) groups is 1. The second-order valence-corrected chi connectivity index (χ2v) is 6.61. The predicted molar refractivity (Wildman–Crippen MR) is 93.0 cm³/mol. The first-order valence-corrected chi connectivity index (χ1v) is 8.78. The summed E-state index contributed by atoms with van der Waals surface area (Å²) < 4.78 is 5.54. The third-order valence-electron chi connectivity index (χ3n) is 3.79. The molecule has 0 spiro atoms. The molecule has 1 unspecified atom stereocenters. The van der Waals surface area contributed by atoms with Crippen LogP contribution in [0, 0.1) is 0 Å². The maximum Gasteiger partial charge on any atom is 0.271 e. The maximum absolute atomic E-state index is 12.0. The number of aromatic nitrogens is 2. The van der Waals surface area contributed by atoms with Gasteiger partial charge in [0.15, 0.2) is 0 Å². The fourth-order valence-corrected chi connectivity index (χ4v) is 3.17. The van der Waals surface area contributed by atoms with Crippen LogP contribution >= 0.6 is 11.3 Å². The average molecular weight is 347 g/mol. The second kappa shape index (κ2) is 7.69. The molecule has 0 saturated carbocycles. The standard InChI is InChI=1S/C16H21N5O2S/c1-11-9-21(4-5-23-11)14-3-2-12(7-18-14)8-19-16(22)13-10-24-15(6-17)20-13/h2-3,7,10-11H,4-6,8-9,17H2,1H3,(H,19,22). The molecule has 3 N–H and O–H groups in total. The largest absolute Gasteiger partial charge is 0.375 e. The van der Waals surface area contributed by atoms with Crippen molar-refractivity contribution in [3.05, 3.63) is 40.0 Å². The molecule has 3 heterocycles. The third kappa shape index (κ3) is 4.08. The van der Waals surface area contributed by atoms with E-state index < -0.39 is 0 Å². The van der Waals surface area contributed by atoms with Crippen LogP contribution in [-0.4, -0.2) is 41.7 Å². The molecule has 0 aromatic carbocycles. The number of morpholine rings is 1. The molecule has 1 aliphatic heterocycles. The minimum atomic E-state index is -0.197. The zero-order valence-electron chi connectivity index (χ0n) is 13.6. The van der Waals surface area contributed by atoms with Gasteiger partial charge in [0.1, 0.15) is 16.5 Å². The van der Waals surface area contributed by atoms with Gasteiger partial charge in [-0.2, -0.15) is 0 Å². The summed E-state index contributed by atoms with van der Waals surface area (Å²) in [5, 5.41) is 5.33. The van der Waals surface area contributed by atoms with Crippen LogP contribution in [0.4, 0.5) is 5.82 Å². The topological polar surface area (TPSA) is 93.4 Å². The number of carbonyl (C=O) groups excluding carboxylic acids is 1. The van der Waals surface area contributed by atoms with Crippen molar-refractivity contribution >= 4 is 23.1 Å². The predicted octanol–water partition coefficient (Wildman–Crippen LogP) is 1.15. The van der Waals surface area contributed by atoms with E-state index in [0.29, 0.717) is 18.8 Å². The number of thiazole rings is 1. The minimum Gasteiger partial charge on any atom is -0.375 e. The Kier molecular flexibility index (Phi) is 5.39. The SMILES string of the molecule is CC1CN(c2ccc(CNC(=O)c3csc(CN)n3)cn2)CCO1. The van der Waals surface area contributed by atoms with E-state index in [4.69, 9.17) is 10.5 Å². The van der Waals surface area contributed by atoms with Crippen molar-refractivity contribution in [1.82, 2.24) is 15.3 Å². The summed E-state index contributed by atoms with van der Waals surface area (Å²) in [5.74, 6) is 0.740. The zero-order chi connectivity index (χ0) is 16.9. The van der Waals surface area contributed by atoms with Gasteiger partial charge >= 0.3 is 0 Å². The lowest BCUT2D eigenvalue weighted by molar-refractivity contribution is 0.0529. The van der Waals surface area contributed by atoms with Gasteiger partial charge in [0.25, 0.3) is 5.91 Å². The van der Waals surface area contributed by atoms with Crippen molar-refractivity contribution in [2.24, 2.45) is 5.73 Å². The van der Waals surface area contributed by atoms with Gasteiger partial charge in [0.05, 0.1) is 12.7 Å². The third-order valence-corrected chi connectivity index (χ3v) is 4.66. The molecule has 24 heavy (non-hydrogen) atoms. The van der Waals surface area contributed by atoms with Gasteiger partial charge in [-0.15, -0.1) is 11.3 Å². The molecule has 2 aromatic rings. The summed E-state index contributed by atoms with van der Waals surface area (Å²) in [6.07, 6.45) is 2.01. The number of nitrogens with two attached hydrogens (primary N) is 1. The van der Waals surface area contributed by atoms with Gasteiger partial charge in [-0.05, 0) is 18.6 Å². The number of nitrogens with one attached hydrogen (secondary N) is 1. The Labute approximate surface area is 144 Å². The number of nitrogens with zero attached hydrogens (tertiary/aromatic N) is 3. The van der Waals surface area contributed by atoms with E-state index in [0.717, 1.165) is 36.1 Å². The maximum atomic E-state index is 12.0. The molecule has 1 saturated heterocycles. The first-order valence-electron chi connectivity index (χ1n) is 7.90. The molecular formula is C16H21N5O2S. The molecule has 0 aliphatic carbocycles. The van der Waals surface area contributed by atoms with Crippen LogP contribution < -0.4 is 16.0 Å². The highest BCUT2D eigenvalue weighted by atomic mass is 32.1. The fraction of sp³-hybridized carbons (Fsp3) is 0.438. The molecule has 8 heteroatoms. The summed E-state index contributed by atoms with van der Waals surface area (Å²) in [6.45, 7) is 5.24. The summed E-state index contributed by atoms with van der Waals surface area (Å²) in [7, 11) is 0. The smallest absolute Gasteiger partial charge is 0.271 e. The molecule has 1 atom stereocenters. The fourth-order valence-electron chi connectivity index (χ4n) is 2.52. The van der Waals surface area contributed by atoms with Crippen molar-refractivity contribution in [3.8, 4) is 0 Å². The lowest BCUT2D eigenvalue weighted by Gasteiger charge is -2.32. The van der Waals surface area contributed by atoms with Crippen LogP contribution in [0.3, 0.4) is 0 Å². The van der Waals surface area contributed by atoms with Gasteiger partial charge in [0.2, 0.25) is 0 Å². The number of anilines is 1. The Morgan fingerprint density at radius 1 is 1.54 bits per heavy atom. The van der Waals surface area contributed by atoms with Gasteiger partial charge < -0.3 is 20.7 Å². The number of hydrogen-bond acceptors (Lipinski definition) is 7. The molecule has 1 amide bonds. The molecule has 128 valence electrons. The monoisotopic (exact) mass is 347 g/mol. The lowest BCUT2D eigenvalue weighted by Crippen LogP contribution is -2.41. The van der Waals surface area contributed by atoms with Crippen molar-refractivity contribution in [2.75, 3.05) is 24.6 Å². The van der Waals surface area contributed by atoms with Crippen molar-refractivity contribution in [1.29, 1.82) is 0 Å². The normalized spacial score (nSPS) is 17.8. The Hall–Kier alpha value is -2.03. The summed E-state index contributed by atoms with van der Waals surface area (Å²) in [4.78, 5) is 22.9. The highest BCUT2D eigenvalue weighted by Gasteiger charge is 2.17. The van der Waals surface area contributed by atoms with Crippen molar-refractivity contribution in [2.45, 2.75) is 26.1 Å². The van der Waals surface area contributed by atoms with Crippen molar-refractivity contribution in [3.63, 3.8) is 0 Å². The Morgan fingerprint density at radius 3 is 3.08 bits per heavy atom. The Balaban J connectivity index is 1.55. The van der Waals surface area contributed by atoms with E-state index in [1.807, 2.05) is 12.1 Å². The van der Waals surface area contributed by atoms with Gasteiger partial charge in [-0.1, -0.05) is 6.07 Å². The van der Waals surface area contributed by atoms with Crippen LogP contribution in [-0.2, 0) is 17.8 Å². The van der Waals surface area contributed by atoms with Gasteiger partial charge in [0, 0.05) is 37.8 Å². The number of rotatable bonds is 5. The van der Waals surface area contributed by atoms with Gasteiger partial charge in [-0.25, -0.2) is 9.97 Å². The van der Waals surface area contributed by atoms with Crippen LogP contribution in [0.25, 0.3) is 0 Å². The number of hydrogen-bond donors (Lipinski definition) is 2. The first-order chi connectivity index (χ1) is 11.7. The van der Waals surface area contributed by atoms with E-state index in [2.05, 4.69) is 27.1 Å². The zero-order valence-corrected chi connectivity index (χ0v) is 14.4. The van der Waals surface area contributed by atoms with Crippen molar-refractivity contribution < 1.29 is 9.53 Å². The minimum absolute atomic E-state index is 0.197. The molecule has 1 fully saturated rings. The molecule has 0 bridgehead atoms. The molecule has 0 radical (unpaired) electrons. The number of amides is 1. The van der Waals surface area contributed by atoms with E-state index in [-0.39, 0.29) is 12.0 Å². The number of ether oxygens (including phenoxy) is 1. The van der Waals surface area contributed by atoms with Gasteiger partial charge in [-0.3, -0.25) is 4.79 Å². The molecule has 3 rings (SSSR count). The van der Waals surface area contributed by atoms with Crippen LogP contribution in [0.2, 0.25) is 0 Å². The van der Waals surface area contributed by atoms with Crippen LogP contribution in [0.1, 0.15) is 28.0 Å². The molecule has 1 aliphatic rings. The van der Waals surface area contributed by atoms with E-state index >= 15 is 0 Å². The highest BCUT2D eigenvalue weighted by molar-refractivity contribution is 7.09. The quantitative estimate of drug-likeness (QED) is 0.843. The molecule has 7 nitrogen and oxygen atoms in total. The highest BCUT2D eigenvalue weighted by Crippen LogP contribution is 2.15. The van der Waals surface area contributed by atoms with Crippen LogP contribution in [0.5, 0.6) is 0 Å². The average Bonchev–Trinajstić information content (AvgIpc) is 3.09. The summed E-state index contributed by atoms with van der Waals surface area (Å²) in [5.41, 5.74) is 6.87. The molecule has 2 aromatic heterocycles. The summed E-state index contributed by atoms with van der Waals surface area (Å²) in [6, 6.07) is 3.96. The summed E-state index contributed by atoms with van der Waals surface area (Å²) >= 11 is 1.39.